The van der Waals surface area contributed by atoms with Gasteiger partial charge in [0.05, 0.1) is 0 Å². The molecule has 0 aromatic heterocycles. The van der Waals surface area contributed by atoms with Gasteiger partial charge in [0, 0.05) is 42.7 Å². The fraction of sp³-hybridized carbons (Fsp3) is 0.571. The lowest BCUT2D eigenvalue weighted by Gasteiger charge is -2.37. The van der Waals surface area contributed by atoms with Gasteiger partial charge in [-0.2, -0.15) is 0 Å². The van der Waals surface area contributed by atoms with Gasteiger partial charge in [0.25, 0.3) is 5.91 Å². The van der Waals surface area contributed by atoms with Crippen LogP contribution >= 0.6 is 11.6 Å². The quantitative estimate of drug-likeness (QED) is 0.788. The smallest absolute Gasteiger partial charge is 0.251 e. The Morgan fingerprint density at radius 2 is 1.43 bits per heavy atom. The van der Waals surface area contributed by atoms with E-state index in [1.807, 2.05) is 27.7 Å². The van der Waals surface area contributed by atoms with Gasteiger partial charge in [0.1, 0.15) is 6.04 Å². The van der Waals surface area contributed by atoms with Crippen molar-refractivity contribution in [3.8, 4) is 0 Å². The van der Waals surface area contributed by atoms with Gasteiger partial charge in [0.2, 0.25) is 11.8 Å². The van der Waals surface area contributed by atoms with Crippen molar-refractivity contribution >= 4 is 29.3 Å². The summed E-state index contributed by atoms with van der Waals surface area (Å²) in [6, 6.07) is 6.01. The maximum atomic E-state index is 13.1. The van der Waals surface area contributed by atoms with E-state index in [0.717, 1.165) is 0 Å². The lowest BCUT2D eigenvalue weighted by Crippen LogP contribution is -2.56. The lowest BCUT2D eigenvalue weighted by atomic mass is 10.0. The Morgan fingerprint density at radius 1 is 0.929 bits per heavy atom. The monoisotopic (exact) mass is 407 g/mol. The molecule has 1 saturated heterocycles. The topological polar surface area (TPSA) is 69.7 Å². The van der Waals surface area contributed by atoms with Gasteiger partial charge in [-0.05, 0) is 36.6 Å². The third-order valence-corrected chi connectivity index (χ3v) is 5.07. The Kier molecular flexibility index (Phi) is 7.87. The van der Waals surface area contributed by atoms with Crippen LogP contribution in [-0.4, -0.2) is 59.7 Å². The molecule has 2 rings (SSSR count). The van der Waals surface area contributed by atoms with E-state index in [-0.39, 0.29) is 29.6 Å². The van der Waals surface area contributed by atoms with Gasteiger partial charge in [-0.3, -0.25) is 14.4 Å². The summed E-state index contributed by atoms with van der Waals surface area (Å²) in [6.45, 7) is 9.84. The lowest BCUT2D eigenvalue weighted by molar-refractivity contribution is -0.142. The van der Waals surface area contributed by atoms with Crippen molar-refractivity contribution in [2.75, 3.05) is 26.2 Å². The second-order valence-electron chi connectivity index (χ2n) is 7.97. The molecule has 1 unspecified atom stereocenters. The Balaban J connectivity index is 2.02. The van der Waals surface area contributed by atoms with Gasteiger partial charge >= 0.3 is 0 Å². The summed E-state index contributed by atoms with van der Waals surface area (Å²) in [5, 5.41) is 3.44. The molecule has 28 heavy (non-hydrogen) atoms. The number of carbonyl (C=O) groups is 3. The fourth-order valence-corrected chi connectivity index (χ4v) is 3.39. The van der Waals surface area contributed by atoms with Crippen molar-refractivity contribution in [2.45, 2.75) is 40.2 Å². The molecule has 1 atom stereocenters. The molecule has 1 aromatic carbocycles. The zero-order valence-corrected chi connectivity index (χ0v) is 17.8. The van der Waals surface area contributed by atoms with Gasteiger partial charge in [-0.15, -0.1) is 0 Å². The first-order valence-electron chi connectivity index (χ1n) is 9.83. The number of hydrogen-bond acceptors (Lipinski definition) is 3. The standard InChI is InChI=1S/C21H30ClN3O3/c1-14(2)13-18(23-19(26)16-5-7-17(22)8-6-16)21(28)25-11-9-24(10-12-25)20(27)15(3)4/h5-8,14-15,18H,9-13H2,1-4H3,(H,23,26). The molecule has 1 fully saturated rings. The number of hydrogen-bond donors (Lipinski definition) is 1. The maximum Gasteiger partial charge on any atom is 0.251 e. The van der Waals surface area contributed by atoms with Crippen LogP contribution in [0, 0.1) is 11.8 Å². The molecule has 1 N–H and O–H groups in total. The second kappa shape index (κ2) is 9.92. The Bertz CT molecular complexity index is 695. The summed E-state index contributed by atoms with van der Waals surface area (Å²) in [5.41, 5.74) is 0.471. The molecule has 7 heteroatoms. The average Bonchev–Trinajstić information content (AvgIpc) is 2.66. The van der Waals surface area contributed by atoms with E-state index in [2.05, 4.69) is 5.32 Å². The molecule has 0 aliphatic carbocycles. The summed E-state index contributed by atoms with van der Waals surface area (Å²) in [7, 11) is 0. The third-order valence-electron chi connectivity index (χ3n) is 4.81. The number of piperazine rings is 1. The summed E-state index contributed by atoms with van der Waals surface area (Å²) in [5.74, 6) is -0.0586. The first-order chi connectivity index (χ1) is 13.2. The SMILES string of the molecule is CC(C)CC(NC(=O)c1ccc(Cl)cc1)C(=O)N1CCN(C(=O)C(C)C)CC1. The molecule has 1 heterocycles. The van der Waals surface area contributed by atoms with Crippen molar-refractivity contribution in [1.29, 1.82) is 0 Å². The minimum absolute atomic E-state index is 0.0467. The number of benzene rings is 1. The van der Waals surface area contributed by atoms with E-state index in [9.17, 15) is 14.4 Å². The van der Waals surface area contributed by atoms with Crippen LogP contribution in [0.3, 0.4) is 0 Å². The Labute approximate surface area is 172 Å². The van der Waals surface area contributed by atoms with Crippen molar-refractivity contribution in [3.05, 3.63) is 34.9 Å². The maximum absolute atomic E-state index is 13.1. The van der Waals surface area contributed by atoms with Crippen LogP contribution in [0.2, 0.25) is 5.02 Å². The highest BCUT2D eigenvalue weighted by Crippen LogP contribution is 2.14. The molecule has 0 radical (unpaired) electrons. The molecular formula is C21H30ClN3O3. The normalized spacial score (nSPS) is 15.7. The van der Waals surface area contributed by atoms with Crippen LogP contribution < -0.4 is 5.32 Å². The highest BCUT2D eigenvalue weighted by molar-refractivity contribution is 6.30. The van der Waals surface area contributed by atoms with Gasteiger partial charge < -0.3 is 15.1 Å². The number of amides is 3. The van der Waals surface area contributed by atoms with Crippen molar-refractivity contribution in [3.63, 3.8) is 0 Å². The largest absolute Gasteiger partial charge is 0.340 e. The van der Waals surface area contributed by atoms with Crippen LogP contribution in [0.4, 0.5) is 0 Å². The molecule has 0 spiro atoms. The second-order valence-corrected chi connectivity index (χ2v) is 8.40. The number of halogens is 1. The van der Waals surface area contributed by atoms with Crippen molar-refractivity contribution in [2.24, 2.45) is 11.8 Å². The first-order valence-corrected chi connectivity index (χ1v) is 10.2. The first kappa shape index (κ1) is 22.2. The highest BCUT2D eigenvalue weighted by Gasteiger charge is 2.31. The van der Waals surface area contributed by atoms with Crippen LogP contribution in [0.1, 0.15) is 44.5 Å². The summed E-state index contributed by atoms with van der Waals surface area (Å²) in [6.07, 6.45) is 0.559. The molecule has 0 bridgehead atoms. The zero-order valence-electron chi connectivity index (χ0n) is 17.1. The van der Waals surface area contributed by atoms with E-state index in [0.29, 0.717) is 43.2 Å². The molecule has 0 saturated carbocycles. The third kappa shape index (κ3) is 5.96. The molecule has 6 nitrogen and oxygen atoms in total. The van der Waals surface area contributed by atoms with Gasteiger partial charge in [-0.1, -0.05) is 39.3 Å². The number of rotatable bonds is 6. The van der Waals surface area contributed by atoms with E-state index in [4.69, 9.17) is 11.6 Å². The van der Waals surface area contributed by atoms with Crippen LogP contribution in [0.25, 0.3) is 0 Å². The Morgan fingerprint density at radius 3 is 1.89 bits per heavy atom. The predicted octanol–water partition coefficient (Wildman–Crippen LogP) is 2.81. The van der Waals surface area contributed by atoms with Gasteiger partial charge in [-0.25, -0.2) is 0 Å². The number of nitrogens with one attached hydrogen (secondary N) is 1. The summed E-state index contributed by atoms with van der Waals surface area (Å²) >= 11 is 5.88. The predicted molar refractivity (Wildman–Crippen MR) is 110 cm³/mol. The molecule has 154 valence electrons. The minimum Gasteiger partial charge on any atom is -0.340 e. The zero-order chi connectivity index (χ0) is 20.8. The number of carbonyl (C=O) groups excluding carboxylic acids is 3. The average molecular weight is 408 g/mol. The summed E-state index contributed by atoms with van der Waals surface area (Å²) < 4.78 is 0. The summed E-state index contributed by atoms with van der Waals surface area (Å²) in [4.78, 5) is 41.3. The van der Waals surface area contributed by atoms with E-state index < -0.39 is 6.04 Å². The molecule has 3 amide bonds. The van der Waals surface area contributed by atoms with Crippen LogP contribution in [0.15, 0.2) is 24.3 Å². The van der Waals surface area contributed by atoms with E-state index in [1.54, 1.807) is 34.1 Å². The van der Waals surface area contributed by atoms with Crippen molar-refractivity contribution in [1.82, 2.24) is 15.1 Å². The minimum atomic E-state index is -0.587. The molecule has 1 aliphatic heterocycles. The molecule has 1 aromatic rings. The van der Waals surface area contributed by atoms with Crippen LogP contribution in [-0.2, 0) is 9.59 Å². The fourth-order valence-electron chi connectivity index (χ4n) is 3.27. The van der Waals surface area contributed by atoms with E-state index in [1.165, 1.54) is 0 Å². The highest BCUT2D eigenvalue weighted by atomic mass is 35.5. The Hall–Kier alpha value is -2.08. The van der Waals surface area contributed by atoms with E-state index >= 15 is 0 Å². The number of nitrogens with zero attached hydrogens (tertiary/aromatic N) is 2. The molecular weight excluding hydrogens is 378 g/mol. The van der Waals surface area contributed by atoms with Crippen LogP contribution in [0.5, 0.6) is 0 Å². The van der Waals surface area contributed by atoms with Gasteiger partial charge in [0.15, 0.2) is 0 Å². The van der Waals surface area contributed by atoms with Crippen molar-refractivity contribution < 1.29 is 14.4 Å². The molecule has 1 aliphatic rings.